The lowest BCUT2D eigenvalue weighted by molar-refractivity contribution is 0.648. The Balaban J connectivity index is 1.94. The molecule has 9 heteroatoms. The first kappa shape index (κ1) is 17.3. The first-order chi connectivity index (χ1) is 12.8. The van der Waals surface area contributed by atoms with E-state index in [1.165, 1.54) is 4.57 Å². The number of aromatic amines is 1. The van der Waals surface area contributed by atoms with E-state index in [9.17, 15) is 9.59 Å². The van der Waals surface area contributed by atoms with E-state index < -0.39 is 11.2 Å². The Bertz CT molecular complexity index is 1350. The number of aryl methyl sites for hydroxylation is 2. The molecule has 4 aromatic rings. The summed E-state index contributed by atoms with van der Waals surface area (Å²) < 4.78 is 4.04. The van der Waals surface area contributed by atoms with E-state index in [1.807, 2.05) is 18.2 Å². The summed E-state index contributed by atoms with van der Waals surface area (Å²) in [6.45, 7) is 1.67. The van der Waals surface area contributed by atoms with Gasteiger partial charge >= 0.3 is 5.69 Å². The number of benzene rings is 1. The number of nitrogens with one attached hydrogen (secondary N) is 2. The number of aromatic nitrogens is 5. The zero-order chi connectivity index (χ0) is 19.5. The number of hydrogen-bond acceptors (Lipinski definition) is 4. The lowest BCUT2D eigenvalue weighted by atomic mass is 10.2. The van der Waals surface area contributed by atoms with Crippen LogP contribution in [0.3, 0.4) is 0 Å². The molecule has 0 unspecified atom stereocenters. The van der Waals surface area contributed by atoms with Crippen LogP contribution in [0.5, 0.6) is 0 Å². The molecule has 0 fully saturated rings. The van der Waals surface area contributed by atoms with Gasteiger partial charge in [0.15, 0.2) is 17.0 Å². The highest BCUT2D eigenvalue weighted by atomic mass is 35.5. The Morgan fingerprint density at radius 2 is 2.00 bits per heavy atom. The molecule has 0 aliphatic carbocycles. The molecule has 0 bridgehead atoms. The van der Waals surface area contributed by atoms with E-state index in [0.717, 1.165) is 15.5 Å². The molecule has 0 saturated carbocycles. The minimum Gasteiger partial charge on any atom is -0.357 e. The molecule has 0 aliphatic heterocycles. The third-order valence-electron chi connectivity index (χ3n) is 4.69. The van der Waals surface area contributed by atoms with Gasteiger partial charge in [0.1, 0.15) is 0 Å². The molecular formula is C18H17ClN6O2. The number of rotatable bonds is 3. The van der Waals surface area contributed by atoms with Gasteiger partial charge in [-0.25, -0.2) is 9.78 Å². The van der Waals surface area contributed by atoms with E-state index in [1.54, 1.807) is 31.7 Å². The zero-order valence-electron chi connectivity index (χ0n) is 15.0. The molecule has 0 aliphatic rings. The van der Waals surface area contributed by atoms with Crippen molar-refractivity contribution in [2.75, 3.05) is 0 Å². The molecule has 0 radical (unpaired) electrons. The molecule has 8 nitrogen and oxygen atoms in total. The molecule has 0 atom stereocenters. The van der Waals surface area contributed by atoms with Gasteiger partial charge in [-0.1, -0.05) is 17.7 Å². The largest absolute Gasteiger partial charge is 0.357 e. The number of hydrogen-bond donors (Lipinski definition) is 2. The predicted molar refractivity (Wildman–Crippen MR) is 105 cm³/mol. The van der Waals surface area contributed by atoms with Gasteiger partial charge in [0, 0.05) is 35.7 Å². The standard InChI is InChI=1S/C18H17ClN6O2/c1-9(20)15-22-16-14(23(15)2)17(26)25(18(27)24(16)3)8-10-7-11-12(19)5-4-6-13(11)21-10/h4-7,20-21H,8H2,1-3H3. The van der Waals surface area contributed by atoms with E-state index in [-0.39, 0.29) is 23.4 Å². The van der Waals surface area contributed by atoms with Crippen molar-refractivity contribution in [3.63, 3.8) is 0 Å². The Labute approximate surface area is 158 Å². The maximum atomic E-state index is 13.0. The monoisotopic (exact) mass is 384 g/mol. The lowest BCUT2D eigenvalue weighted by Crippen LogP contribution is -2.39. The molecule has 0 amide bonds. The second-order valence-corrected chi connectivity index (χ2v) is 6.93. The number of imidazole rings is 1. The van der Waals surface area contributed by atoms with Crippen molar-refractivity contribution >= 4 is 39.4 Å². The van der Waals surface area contributed by atoms with Crippen LogP contribution in [-0.4, -0.2) is 29.4 Å². The van der Waals surface area contributed by atoms with E-state index in [4.69, 9.17) is 17.0 Å². The third-order valence-corrected chi connectivity index (χ3v) is 5.02. The lowest BCUT2D eigenvalue weighted by Gasteiger charge is -2.07. The summed E-state index contributed by atoms with van der Waals surface area (Å²) in [5.74, 6) is 0.354. The Morgan fingerprint density at radius 1 is 1.26 bits per heavy atom. The minimum atomic E-state index is -0.468. The molecule has 138 valence electrons. The smallest absolute Gasteiger partial charge is 0.332 e. The Morgan fingerprint density at radius 3 is 2.67 bits per heavy atom. The van der Waals surface area contributed by atoms with Crippen LogP contribution in [0.4, 0.5) is 0 Å². The van der Waals surface area contributed by atoms with Gasteiger partial charge in [-0.05, 0) is 25.1 Å². The number of fused-ring (bicyclic) bond motifs is 2. The van der Waals surface area contributed by atoms with Crippen LogP contribution in [-0.2, 0) is 20.6 Å². The predicted octanol–water partition coefficient (Wildman–Crippen LogP) is 2.00. The zero-order valence-corrected chi connectivity index (χ0v) is 15.8. The molecule has 0 spiro atoms. The van der Waals surface area contributed by atoms with E-state index in [0.29, 0.717) is 16.5 Å². The quantitative estimate of drug-likeness (QED) is 0.528. The second-order valence-electron chi connectivity index (χ2n) is 6.52. The molecule has 27 heavy (non-hydrogen) atoms. The summed E-state index contributed by atoms with van der Waals surface area (Å²) in [7, 11) is 3.24. The van der Waals surface area contributed by atoms with Crippen molar-refractivity contribution in [3.05, 3.63) is 61.6 Å². The molecule has 1 aromatic carbocycles. The van der Waals surface area contributed by atoms with Crippen molar-refractivity contribution in [2.45, 2.75) is 13.5 Å². The van der Waals surface area contributed by atoms with Gasteiger partial charge in [0.2, 0.25) is 0 Å². The highest BCUT2D eigenvalue weighted by Crippen LogP contribution is 2.24. The SMILES string of the molecule is CC(=N)c1nc2c(c(=O)n(Cc3cc4c(Cl)cccc4[nH]3)c(=O)n2C)n1C. The fourth-order valence-corrected chi connectivity index (χ4v) is 3.58. The van der Waals surface area contributed by atoms with Crippen LogP contribution in [0.25, 0.3) is 22.1 Å². The van der Waals surface area contributed by atoms with Gasteiger partial charge in [0.05, 0.1) is 12.3 Å². The molecular weight excluding hydrogens is 368 g/mol. The maximum absolute atomic E-state index is 13.0. The molecule has 2 N–H and O–H groups in total. The second kappa shape index (κ2) is 5.95. The third kappa shape index (κ3) is 2.52. The highest BCUT2D eigenvalue weighted by molar-refractivity contribution is 6.35. The van der Waals surface area contributed by atoms with Crippen LogP contribution in [0.15, 0.2) is 33.9 Å². The Kier molecular flexibility index (Phi) is 3.81. The normalized spacial score (nSPS) is 11.6. The summed E-state index contributed by atoms with van der Waals surface area (Å²) >= 11 is 6.21. The van der Waals surface area contributed by atoms with E-state index >= 15 is 0 Å². The molecule has 4 rings (SSSR count). The topological polar surface area (TPSA) is 101 Å². The minimum absolute atomic E-state index is 0.0799. The first-order valence-corrected chi connectivity index (χ1v) is 8.65. The van der Waals surface area contributed by atoms with Crippen molar-refractivity contribution in [3.8, 4) is 0 Å². The fraction of sp³-hybridized carbons (Fsp3) is 0.222. The van der Waals surface area contributed by atoms with Crippen LogP contribution in [0, 0.1) is 5.41 Å². The van der Waals surface area contributed by atoms with Crippen LogP contribution >= 0.6 is 11.6 Å². The first-order valence-electron chi connectivity index (χ1n) is 8.27. The van der Waals surface area contributed by atoms with Crippen LogP contribution in [0.2, 0.25) is 5.02 Å². The maximum Gasteiger partial charge on any atom is 0.332 e. The van der Waals surface area contributed by atoms with Crippen molar-refractivity contribution in [2.24, 2.45) is 14.1 Å². The number of nitrogens with zero attached hydrogens (tertiary/aromatic N) is 4. The average Bonchev–Trinajstić information content (AvgIpc) is 3.19. The molecule has 3 aromatic heterocycles. The number of halogens is 1. The van der Waals surface area contributed by atoms with Gasteiger partial charge in [-0.2, -0.15) is 0 Å². The summed E-state index contributed by atoms with van der Waals surface area (Å²) in [5.41, 5.74) is 1.40. The van der Waals surface area contributed by atoms with Crippen LogP contribution in [0.1, 0.15) is 18.4 Å². The van der Waals surface area contributed by atoms with Gasteiger partial charge < -0.3 is 15.0 Å². The summed E-state index contributed by atoms with van der Waals surface area (Å²) in [5, 5.41) is 9.26. The summed E-state index contributed by atoms with van der Waals surface area (Å²) in [4.78, 5) is 33.3. The Hall–Kier alpha value is -3.13. The van der Waals surface area contributed by atoms with Crippen molar-refractivity contribution < 1.29 is 0 Å². The van der Waals surface area contributed by atoms with Crippen molar-refractivity contribution in [1.82, 2.24) is 23.7 Å². The van der Waals surface area contributed by atoms with Gasteiger partial charge in [-0.3, -0.25) is 13.9 Å². The highest BCUT2D eigenvalue weighted by Gasteiger charge is 2.19. The fourth-order valence-electron chi connectivity index (χ4n) is 3.35. The van der Waals surface area contributed by atoms with Gasteiger partial charge in [-0.15, -0.1) is 0 Å². The van der Waals surface area contributed by atoms with E-state index in [2.05, 4.69) is 9.97 Å². The van der Waals surface area contributed by atoms with Crippen LogP contribution < -0.4 is 11.2 Å². The number of H-pyrrole nitrogens is 1. The molecule has 3 heterocycles. The molecule has 0 saturated heterocycles. The average molecular weight is 385 g/mol. The summed E-state index contributed by atoms with van der Waals surface area (Å²) in [6, 6.07) is 7.34. The summed E-state index contributed by atoms with van der Waals surface area (Å²) in [6.07, 6.45) is 0. The van der Waals surface area contributed by atoms with Crippen molar-refractivity contribution in [1.29, 1.82) is 5.41 Å². The van der Waals surface area contributed by atoms with Gasteiger partial charge in [0.25, 0.3) is 5.56 Å².